The predicted molar refractivity (Wildman–Crippen MR) is 383 cm³/mol. The van der Waals surface area contributed by atoms with Crippen molar-refractivity contribution in [2.45, 2.75) is 142 Å². The number of hydrogen-bond acceptors (Lipinski definition) is 4. The van der Waals surface area contributed by atoms with Crippen molar-refractivity contribution in [1.29, 1.82) is 0 Å². The summed E-state index contributed by atoms with van der Waals surface area (Å²) in [6.07, 6.45) is 12.0. The average molecular weight is 1180 g/mol. The first-order chi connectivity index (χ1) is 43.7. The Kier molecular flexibility index (Phi) is 14.5. The molecule has 15 rings (SSSR count). The van der Waals surface area contributed by atoms with Gasteiger partial charge < -0.3 is 19.3 Å². The number of phenolic OH excluding ortho intramolecular Hbond substituents is 1. The third kappa shape index (κ3) is 9.99. The zero-order chi connectivity index (χ0) is 61.6. The molecule has 4 nitrogen and oxygen atoms in total. The second-order valence-corrected chi connectivity index (χ2v) is 28.3. The minimum atomic E-state index is -0.0505. The van der Waals surface area contributed by atoms with Gasteiger partial charge in [0.1, 0.15) is 11.3 Å². The van der Waals surface area contributed by atoms with Gasteiger partial charge in [-0.1, -0.05) is 238 Å². The Hall–Kier alpha value is -9.12. The average Bonchev–Trinajstić information content (AvgIpc) is 0.742. The van der Waals surface area contributed by atoms with Gasteiger partial charge in [0.05, 0.1) is 22.7 Å². The number of benzene rings is 12. The molecule has 0 atom stereocenters. The van der Waals surface area contributed by atoms with Crippen molar-refractivity contribution in [2.24, 2.45) is 0 Å². The zero-order valence-electron chi connectivity index (χ0n) is 53.7. The van der Waals surface area contributed by atoms with E-state index in [1.807, 2.05) is 0 Å². The van der Waals surface area contributed by atoms with Crippen molar-refractivity contribution in [3.8, 4) is 39.1 Å². The fourth-order valence-electron chi connectivity index (χ4n) is 15.7. The van der Waals surface area contributed by atoms with E-state index >= 15 is 0 Å². The second kappa shape index (κ2) is 22.7. The van der Waals surface area contributed by atoms with E-state index in [9.17, 15) is 5.11 Å². The van der Waals surface area contributed by atoms with Crippen molar-refractivity contribution in [3.05, 3.63) is 246 Å². The predicted octanol–water partition coefficient (Wildman–Crippen LogP) is 25.4. The molecule has 13 aromatic rings. The number of aryl methyl sites for hydroxylation is 2. The third-order valence-electron chi connectivity index (χ3n) is 20.5. The molecule has 0 aliphatic heterocycles. The Bertz CT molecular complexity index is 4840. The van der Waals surface area contributed by atoms with E-state index in [-0.39, 0.29) is 16.6 Å². The molecule has 12 aromatic carbocycles. The lowest BCUT2D eigenvalue weighted by molar-refractivity contribution is 0.445. The van der Waals surface area contributed by atoms with Crippen molar-refractivity contribution >= 4 is 88.4 Å². The maximum atomic E-state index is 13.3. The van der Waals surface area contributed by atoms with Gasteiger partial charge in [0.2, 0.25) is 0 Å². The molecule has 0 amide bonds. The summed E-state index contributed by atoms with van der Waals surface area (Å²) in [5.74, 6) is 1.02. The van der Waals surface area contributed by atoms with Gasteiger partial charge in [0.25, 0.3) is 0 Å². The number of para-hydroxylation sites is 3. The van der Waals surface area contributed by atoms with Crippen molar-refractivity contribution in [3.63, 3.8) is 0 Å². The molecule has 90 heavy (non-hydrogen) atoms. The maximum absolute atomic E-state index is 13.3. The van der Waals surface area contributed by atoms with Crippen LogP contribution in [0, 0.1) is 13.8 Å². The summed E-state index contributed by atoms with van der Waals surface area (Å²) in [4.78, 5) is 4.95. The zero-order valence-corrected chi connectivity index (χ0v) is 53.7. The fourth-order valence-corrected chi connectivity index (χ4v) is 15.7. The van der Waals surface area contributed by atoms with Crippen LogP contribution in [0.5, 0.6) is 5.75 Å². The molecule has 0 unspecified atom stereocenters. The SMILES string of the molecule is Cc1ccccc1-c1cccc(-c2cccc(N(c3ccc(C(C)(C)C)cc3)c3cc(C4CCCCC4)c4ccc5c(N(c6ccc(C(C)(C)C)cc6)c6cccc7c6oc6c(-c8ccccc8C)cccc67)cc(C6CCCCC6)c6ccc3c4c65)c2O)c1. The number of furan rings is 1. The van der Waals surface area contributed by atoms with Gasteiger partial charge in [-0.15, -0.1) is 0 Å². The topological polar surface area (TPSA) is 39.9 Å². The molecule has 2 aliphatic carbocycles. The van der Waals surface area contributed by atoms with Crippen molar-refractivity contribution in [2.75, 3.05) is 9.80 Å². The molecule has 1 N–H and O–H groups in total. The molecule has 1 heterocycles. The minimum Gasteiger partial charge on any atom is -0.505 e. The van der Waals surface area contributed by atoms with Crippen molar-refractivity contribution < 1.29 is 9.52 Å². The Morgan fingerprint density at radius 1 is 0.356 bits per heavy atom. The van der Waals surface area contributed by atoms with Crippen LogP contribution in [0.2, 0.25) is 0 Å². The molecule has 2 fully saturated rings. The molecule has 1 aromatic heterocycles. The largest absolute Gasteiger partial charge is 0.505 e. The summed E-state index contributed by atoms with van der Waals surface area (Å²) >= 11 is 0. The highest BCUT2D eigenvalue weighted by atomic mass is 16.3. The third-order valence-corrected chi connectivity index (χ3v) is 20.5. The standard InChI is InChI=1S/C86H82N2O2/c1-54-23-15-17-31-64(54)58-29-19-30-59(51-58)66-33-21-37-76(82(66)89)87(62-43-39-60(40-44-62)85(3,4)5)78-52-74(56-25-11-9-12-26-56)67-48-50-73-79(53-75(57-27-13-10-14-28-57)68-47-49-72(78)80(67)81(68)73)88(63-45-41-61(42-46-63)86(6,7)8)77-38-22-36-71-70-35-20-34-69(83(70)90-84(71)77)65-32-18-16-24-55(65)2/h15-24,29-53,56-57,89H,9-14,25-28H2,1-8H3. The molecule has 0 radical (unpaired) electrons. The van der Waals surface area contributed by atoms with Crippen LogP contribution in [-0.4, -0.2) is 5.11 Å². The van der Waals surface area contributed by atoms with Crippen molar-refractivity contribution in [1.82, 2.24) is 0 Å². The number of anilines is 6. The highest BCUT2D eigenvalue weighted by Gasteiger charge is 2.32. The van der Waals surface area contributed by atoms with E-state index in [4.69, 9.17) is 4.42 Å². The molecule has 448 valence electrons. The van der Waals surface area contributed by atoms with Crippen LogP contribution in [-0.2, 0) is 10.8 Å². The number of nitrogens with zero attached hydrogens (tertiary/aromatic N) is 2. The normalized spacial score (nSPS) is 14.6. The van der Waals surface area contributed by atoms with Crippen LogP contribution in [0.25, 0.3) is 87.6 Å². The Balaban J connectivity index is 1.03. The van der Waals surface area contributed by atoms with Crippen LogP contribution in [0.3, 0.4) is 0 Å². The molecule has 2 saturated carbocycles. The van der Waals surface area contributed by atoms with Crippen LogP contribution in [0.15, 0.2) is 217 Å². The molecule has 2 aliphatic rings. The summed E-state index contributed by atoms with van der Waals surface area (Å²) in [5.41, 5.74) is 22.0. The number of fused-ring (bicyclic) bond motifs is 3. The van der Waals surface area contributed by atoms with Crippen LogP contribution < -0.4 is 9.80 Å². The van der Waals surface area contributed by atoms with E-state index in [1.54, 1.807) is 0 Å². The van der Waals surface area contributed by atoms with E-state index in [0.29, 0.717) is 11.8 Å². The summed E-state index contributed by atoms with van der Waals surface area (Å²) in [6, 6.07) is 79.2. The summed E-state index contributed by atoms with van der Waals surface area (Å²) in [7, 11) is 0. The van der Waals surface area contributed by atoms with Crippen LogP contribution in [0.1, 0.15) is 151 Å². The minimum absolute atomic E-state index is 0.0315. The van der Waals surface area contributed by atoms with Gasteiger partial charge in [0.15, 0.2) is 5.58 Å². The molecule has 0 spiro atoms. The summed E-state index contributed by atoms with van der Waals surface area (Å²) < 4.78 is 7.44. The molecule has 0 saturated heterocycles. The fraction of sp³-hybridized carbons (Fsp3) is 0.256. The van der Waals surface area contributed by atoms with Crippen LogP contribution >= 0.6 is 0 Å². The number of hydrogen-bond donors (Lipinski definition) is 1. The Labute approximate surface area is 531 Å². The molecular formula is C86H82N2O2. The lowest BCUT2D eigenvalue weighted by atomic mass is 9.77. The van der Waals surface area contributed by atoms with E-state index < -0.39 is 0 Å². The highest BCUT2D eigenvalue weighted by Crippen LogP contribution is 2.56. The quantitative estimate of drug-likeness (QED) is 0.131. The molecule has 4 heteroatoms. The van der Waals surface area contributed by atoms with Gasteiger partial charge in [-0.2, -0.15) is 0 Å². The van der Waals surface area contributed by atoms with Gasteiger partial charge in [-0.25, -0.2) is 0 Å². The van der Waals surface area contributed by atoms with E-state index in [0.717, 1.165) is 104 Å². The monoisotopic (exact) mass is 1170 g/mol. The lowest BCUT2D eigenvalue weighted by Gasteiger charge is -2.34. The molecule has 0 bridgehead atoms. The summed E-state index contributed by atoms with van der Waals surface area (Å²) in [5, 5.41) is 23.2. The van der Waals surface area contributed by atoms with Gasteiger partial charge in [-0.05, 0) is 194 Å². The second-order valence-electron chi connectivity index (χ2n) is 28.3. The Morgan fingerprint density at radius 2 is 0.778 bits per heavy atom. The first-order valence-electron chi connectivity index (χ1n) is 33.3. The lowest BCUT2D eigenvalue weighted by Crippen LogP contribution is -2.16. The number of phenols is 1. The smallest absolute Gasteiger partial charge is 0.159 e. The maximum Gasteiger partial charge on any atom is 0.159 e. The molecular weight excluding hydrogens is 1090 g/mol. The van der Waals surface area contributed by atoms with E-state index in [2.05, 4.69) is 278 Å². The van der Waals surface area contributed by atoms with Gasteiger partial charge in [-0.3, -0.25) is 0 Å². The highest BCUT2D eigenvalue weighted by molar-refractivity contribution is 6.30. The first-order valence-corrected chi connectivity index (χ1v) is 33.3. The van der Waals surface area contributed by atoms with Crippen LogP contribution in [0.4, 0.5) is 34.1 Å². The van der Waals surface area contributed by atoms with Gasteiger partial charge >= 0.3 is 0 Å². The van der Waals surface area contributed by atoms with E-state index in [1.165, 1.54) is 115 Å². The first kappa shape index (κ1) is 57.3. The van der Waals surface area contributed by atoms with Gasteiger partial charge in [0, 0.05) is 44.0 Å². The summed E-state index contributed by atoms with van der Waals surface area (Å²) in [6.45, 7) is 18.1. The Morgan fingerprint density at radius 3 is 1.31 bits per heavy atom. The number of rotatable bonds is 11. The number of aromatic hydroxyl groups is 1.